The number of carbonyl (C=O) groups is 1. The van der Waals surface area contributed by atoms with Gasteiger partial charge in [-0.2, -0.15) is 0 Å². The number of benzene rings is 2. The number of carbonyl (C=O) groups excluding carboxylic acids is 1. The lowest BCUT2D eigenvalue weighted by atomic mass is 9.94. The maximum Gasteiger partial charge on any atom is 0.236 e. The van der Waals surface area contributed by atoms with E-state index in [1.165, 1.54) is 0 Å². The molecule has 0 radical (unpaired) electrons. The second-order valence-corrected chi connectivity index (χ2v) is 10.2. The van der Waals surface area contributed by atoms with Gasteiger partial charge in [-0.3, -0.25) is 4.79 Å². The molecule has 7 nitrogen and oxygen atoms in total. The van der Waals surface area contributed by atoms with Crippen molar-refractivity contribution >= 4 is 23.1 Å². The Bertz CT molecular complexity index is 1230. The quantitative estimate of drug-likeness (QED) is 0.555. The van der Waals surface area contributed by atoms with Gasteiger partial charge in [0.2, 0.25) is 12.7 Å². The van der Waals surface area contributed by atoms with Crippen molar-refractivity contribution in [3.8, 4) is 22.6 Å². The summed E-state index contributed by atoms with van der Waals surface area (Å²) in [5.41, 5.74) is 3.03. The Labute approximate surface area is 196 Å². The van der Waals surface area contributed by atoms with Gasteiger partial charge in [-0.15, -0.1) is 4.31 Å². The first kappa shape index (κ1) is 21.8. The zero-order valence-corrected chi connectivity index (χ0v) is 19.6. The van der Waals surface area contributed by atoms with Crippen LogP contribution in [0.2, 0.25) is 0 Å². The summed E-state index contributed by atoms with van der Waals surface area (Å²) in [6.45, 7) is 2.12. The smallest absolute Gasteiger partial charge is 0.236 e. The summed E-state index contributed by atoms with van der Waals surface area (Å²) >= 11 is -1.22. The fraction of sp³-hybridized carbons (Fsp3) is 0.280. The van der Waals surface area contributed by atoms with Crippen LogP contribution in [0.15, 0.2) is 59.5 Å². The third-order valence-corrected chi connectivity index (χ3v) is 7.44. The maximum atomic E-state index is 13.2. The summed E-state index contributed by atoms with van der Waals surface area (Å²) in [4.78, 5) is 18.5. The predicted octanol–water partition coefficient (Wildman–Crippen LogP) is 4.04. The summed E-state index contributed by atoms with van der Waals surface area (Å²) < 4.78 is 25.0. The number of aryl methyl sites for hydroxylation is 1. The first-order chi connectivity index (χ1) is 15.9. The first-order valence-corrected chi connectivity index (χ1v) is 11.9. The van der Waals surface area contributed by atoms with Gasteiger partial charge < -0.3 is 19.3 Å². The summed E-state index contributed by atoms with van der Waals surface area (Å²) in [6, 6.07) is 17.1. The van der Waals surface area contributed by atoms with Crippen LogP contribution in [0.3, 0.4) is 0 Å². The van der Waals surface area contributed by atoms with E-state index in [0.717, 1.165) is 40.1 Å². The topological polar surface area (TPSA) is 86.8 Å². The van der Waals surface area contributed by atoms with E-state index >= 15 is 0 Å². The lowest BCUT2D eigenvalue weighted by Crippen LogP contribution is -2.28. The van der Waals surface area contributed by atoms with Crippen LogP contribution >= 0.6 is 0 Å². The molecule has 2 heterocycles. The van der Waals surface area contributed by atoms with Crippen molar-refractivity contribution in [2.75, 3.05) is 26.2 Å². The second-order valence-electron chi connectivity index (χ2n) is 8.52. The van der Waals surface area contributed by atoms with Crippen molar-refractivity contribution in [3.05, 3.63) is 65.9 Å². The molecule has 1 aliphatic carbocycles. The number of fused-ring (bicyclic) bond motifs is 1. The van der Waals surface area contributed by atoms with Crippen LogP contribution in [0.4, 0.5) is 5.82 Å². The van der Waals surface area contributed by atoms with Gasteiger partial charge in [0.25, 0.3) is 0 Å². The van der Waals surface area contributed by atoms with Crippen molar-refractivity contribution in [1.29, 1.82) is 0 Å². The minimum Gasteiger partial charge on any atom is -0.593 e. The molecule has 1 aliphatic heterocycles. The minimum atomic E-state index is -1.22. The lowest BCUT2D eigenvalue weighted by Gasteiger charge is -2.17. The monoisotopic (exact) mass is 463 g/mol. The van der Waals surface area contributed by atoms with Crippen LogP contribution < -0.4 is 14.8 Å². The number of nitrogens with one attached hydrogen (secondary N) is 1. The third-order valence-electron chi connectivity index (χ3n) is 6.12. The first-order valence-electron chi connectivity index (χ1n) is 10.8. The van der Waals surface area contributed by atoms with Crippen LogP contribution in [0.5, 0.6) is 11.5 Å². The Kier molecular flexibility index (Phi) is 5.52. The molecular formula is C25H25N3O4S. The Morgan fingerprint density at radius 2 is 1.88 bits per heavy atom. The molecular weight excluding hydrogens is 438 g/mol. The Morgan fingerprint density at radius 3 is 2.61 bits per heavy atom. The van der Waals surface area contributed by atoms with E-state index in [4.69, 9.17) is 9.47 Å². The highest BCUT2D eigenvalue weighted by molar-refractivity contribution is 7.89. The molecule has 5 rings (SSSR count). The van der Waals surface area contributed by atoms with Crippen molar-refractivity contribution in [2.45, 2.75) is 30.1 Å². The highest BCUT2D eigenvalue weighted by Crippen LogP contribution is 2.51. The summed E-state index contributed by atoms with van der Waals surface area (Å²) in [7, 11) is 3.56. The van der Waals surface area contributed by atoms with Gasteiger partial charge in [0, 0.05) is 31.4 Å². The molecule has 2 aliphatic rings. The molecule has 1 N–H and O–H groups in total. The number of aromatic nitrogens is 1. The van der Waals surface area contributed by atoms with E-state index in [9.17, 15) is 9.35 Å². The maximum absolute atomic E-state index is 13.2. The molecule has 1 atom stereocenters. The zero-order chi connectivity index (χ0) is 23.2. The number of anilines is 1. The number of hydrogen-bond acceptors (Lipinski definition) is 6. The number of ether oxygens (including phenoxy) is 2. The summed E-state index contributed by atoms with van der Waals surface area (Å²) in [5, 5.41) is 3.00. The van der Waals surface area contributed by atoms with E-state index in [1.807, 2.05) is 61.5 Å². The Morgan fingerprint density at radius 1 is 1.09 bits per heavy atom. The van der Waals surface area contributed by atoms with E-state index < -0.39 is 16.8 Å². The molecule has 33 heavy (non-hydrogen) atoms. The SMILES string of the molecule is Cc1nc(NC(=O)C2(c3ccc4c(c3)OCO4)CC2)ccc1-c1cccc([S+]([O-])N(C)C)c1. The summed E-state index contributed by atoms with van der Waals surface area (Å²) in [6.07, 6.45) is 1.57. The number of nitrogens with zero attached hydrogens (tertiary/aromatic N) is 2. The largest absolute Gasteiger partial charge is 0.593 e. The van der Waals surface area contributed by atoms with Crippen LogP contribution in [0, 0.1) is 6.92 Å². The molecule has 3 aromatic rings. The van der Waals surface area contributed by atoms with E-state index in [1.54, 1.807) is 18.4 Å². The number of amides is 1. The number of rotatable bonds is 6. The van der Waals surface area contributed by atoms with Gasteiger partial charge in [0.15, 0.2) is 16.4 Å². The van der Waals surface area contributed by atoms with Gasteiger partial charge in [0.05, 0.1) is 16.8 Å². The predicted molar refractivity (Wildman–Crippen MR) is 127 cm³/mol. The Balaban J connectivity index is 1.35. The van der Waals surface area contributed by atoms with Crippen LogP contribution in [-0.4, -0.2) is 40.6 Å². The van der Waals surface area contributed by atoms with E-state index in [0.29, 0.717) is 17.3 Å². The van der Waals surface area contributed by atoms with Gasteiger partial charge in [-0.05, 0) is 61.2 Å². The second kappa shape index (κ2) is 8.37. The molecule has 2 aromatic carbocycles. The Hall–Kier alpha value is -3.07. The van der Waals surface area contributed by atoms with Crippen molar-refractivity contribution in [3.63, 3.8) is 0 Å². The fourth-order valence-corrected chi connectivity index (χ4v) is 4.97. The molecule has 0 bridgehead atoms. The average molecular weight is 464 g/mol. The van der Waals surface area contributed by atoms with Gasteiger partial charge >= 0.3 is 0 Å². The molecule has 1 unspecified atom stereocenters. The highest BCUT2D eigenvalue weighted by Gasteiger charge is 2.51. The van der Waals surface area contributed by atoms with E-state index in [-0.39, 0.29) is 12.7 Å². The lowest BCUT2D eigenvalue weighted by molar-refractivity contribution is -0.118. The fourth-order valence-electron chi connectivity index (χ4n) is 4.12. The summed E-state index contributed by atoms with van der Waals surface area (Å²) in [5.74, 6) is 1.84. The number of pyridine rings is 1. The molecule has 1 fully saturated rings. The molecule has 170 valence electrons. The molecule has 0 spiro atoms. The van der Waals surface area contributed by atoms with E-state index in [2.05, 4.69) is 10.3 Å². The number of hydrogen-bond donors (Lipinski definition) is 1. The standard InChI is InChI=1S/C25H25N3O4S/c1-16-20(17-5-4-6-19(13-17)33(30)28(2)3)8-10-23(26-16)27-24(29)25(11-12-25)18-7-9-21-22(14-18)32-15-31-21/h4-10,13-14H,11-12,15H2,1-3H3,(H,26,27,29). The average Bonchev–Trinajstić information content (AvgIpc) is 3.49. The minimum absolute atomic E-state index is 0.0654. The molecule has 0 saturated heterocycles. The molecule has 1 aromatic heterocycles. The van der Waals surface area contributed by atoms with Gasteiger partial charge in [-0.25, -0.2) is 4.98 Å². The third kappa shape index (κ3) is 4.06. The van der Waals surface area contributed by atoms with Crippen LogP contribution in [0.25, 0.3) is 11.1 Å². The molecule has 1 saturated carbocycles. The van der Waals surface area contributed by atoms with Crippen molar-refractivity contribution < 1.29 is 18.8 Å². The highest BCUT2D eigenvalue weighted by atomic mass is 32.2. The normalized spacial score (nSPS) is 16.5. The van der Waals surface area contributed by atoms with Crippen LogP contribution in [0.1, 0.15) is 24.1 Å². The van der Waals surface area contributed by atoms with Gasteiger partial charge in [0.1, 0.15) is 5.82 Å². The van der Waals surface area contributed by atoms with Crippen molar-refractivity contribution in [1.82, 2.24) is 9.29 Å². The molecule has 8 heteroatoms. The van der Waals surface area contributed by atoms with Crippen molar-refractivity contribution in [2.24, 2.45) is 0 Å². The van der Waals surface area contributed by atoms with Crippen LogP contribution in [-0.2, 0) is 21.6 Å². The van der Waals surface area contributed by atoms with Gasteiger partial charge in [-0.1, -0.05) is 18.2 Å². The zero-order valence-electron chi connectivity index (χ0n) is 18.8. The molecule has 1 amide bonds.